The van der Waals surface area contributed by atoms with Crippen LogP contribution in [0, 0.1) is 5.82 Å². The Bertz CT molecular complexity index is 1510. The Hall–Kier alpha value is -4.03. The lowest BCUT2D eigenvalue weighted by Gasteiger charge is -2.34. The predicted octanol–water partition coefficient (Wildman–Crippen LogP) is 5.06. The Labute approximate surface area is 235 Å². The molecule has 0 radical (unpaired) electrons. The van der Waals surface area contributed by atoms with Gasteiger partial charge in [0.25, 0.3) is 0 Å². The molecule has 1 unspecified atom stereocenters. The molecule has 4 aromatic rings. The van der Waals surface area contributed by atoms with Gasteiger partial charge in [-0.05, 0) is 56.2 Å². The summed E-state index contributed by atoms with van der Waals surface area (Å²) >= 11 is 1.71. The van der Waals surface area contributed by atoms with Crippen LogP contribution in [0.25, 0.3) is 11.4 Å². The number of aryl methyl sites for hydroxylation is 1. The fourth-order valence-electron chi connectivity index (χ4n) is 4.63. The molecule has 2 aliphatic rings. The van der Waals surface area contributed by atoms with Crippen LogP contribution in [0.3, 0.4) is 0 Å². The molecule has 1 saturated carbocycles. The van der Waals surface area contributed by atoms with E-state index in [9.17, 15) is 9.18 Å². The number of nitrogens with one attached hydrogen (secondary N) is 2. The fourth-order valence-corrected chi connectivity index (χ4v) is 5.87. The number of ether oxygens (including phenoxy) is 1. The van der Waals surface area contributed by atoms with Gasteiger partial charge in [-0.2, -0.15) is 5.10 Å². The number of aromatic nitrogens is 5. The summed E-state index contributed by atoms with van der Waals surface area (Å²) in [6.45, 7) is 4.13. The summed E-state index contributed by atoms with van der Waals surface area (Å²) in [5.41, 5.74) is 2.27. The number of halogens is 1. The Morgan fingerprint density at radius 1 is 1.12 bits per heavy atom. The zero-order valence-electron chi connectivity index (χ0n) is 22.2. The molecule has 206 valence electrons. The SMILES string of the molecule is CC1COCCN1c1cc(C2(Sc3ccc(F)cc3)CC2)nc(-c2ccc(NC(=O)Nc3cnn(C)c3)nc2)n1. The highest BCUT2D eigenvalue weighted by molar-refractivity contribution is 8.00. The van der Waals surface area contributed by atoms with Gasteiger partial charge in [-0.25, -0.2) is 24.1 Å². The molecule has 1 aromatic carbocycles. The molecule has 2 amide bonds. The van der Waals surface area contributed by atoms with Gasteiger partial charge < -0.3 is 15.0 Å². The molecule has 1 atom stereocenters. The summed E-state index contributed by atoms with van der Waals surface area (Å²) in [7, 11) is 1.78. The number of carbonyl (C=O) groups is 1. The van der Waals surface area contributed by atoms with E-state index in [1.807, 2.05) is 18.2 Å². The highest BCUT2D eigenvalue weighted by atomic mass is 32.2. The van der Waals surface area contributed by atoms with Gasteiger partial charge in [0, 0.05) is 42.5 Å². The van der Waals surface area contributed by atoms with Gasteiger partial charge in [-0.3, -0.25) is 10.00 Å². The van der Waals surface area contributed by atoms with E-state index < -0.39 is 6.03 Å². The Morgan fingerprint density at radius 2 is 1.95 bits per heavy atom. The number of hydrogen-bond acceptors (Lipinski definition) is 8. The van der Waals surface area contributed by atoms with E-state index in [1.165, 1.54) is 12.1 Å². The summed E-state index contributed by atoms with van der Waals surface area (Å²) in [6, 6.07) is 12.0. The summed E-state index contributed by atoms with van der Waals surface area (Å²) in [6.07, 6.45) is 6.87. The number of morpholine rings is 1. The van der Waals surface area contributed by atoms with Gasteiger partial charge >= 0.3 is 6.03 Å². The number of nitrogens with zero attached hydrogens (tertiary/aromatic N) is 6. The summed E-state index contributed by atoms with van der Waals surface area (Å²) in [5, 5.41) is 9.50. The lowest BCUT2D eigenvalue weighted by molar-refractivity contribution is 0.0985. The number of urea groups is 1. The van der Waals surface area contributed by atoms with Crippen molar-refractivity contribution in [3.8, 4) is 11.4 Å². The first-order chi connectivity index (χ1) is 19.4. The highest BCUT2D eigenvalue weighted by Crippen LogP contribution is 2.59. The zero-order valence-corrected chi connectivity index (χ0v) is 23.0. The largest absolute Gasteiger partial charge is 0.377 e. The third-order valence-electron chi connectivity index (χ3n) is 6.90. The maximum absolute atomic E-state index is 13.5. The molecule has 6 rings (SSSR count). The molecule has 2 fully saturated rings. The first-order valence-electron chi connectivity index (χ1n) is 13.1. The van der Waals surface area contributed by atoms with E-state index in [4.69, 9.17) is 14.7 Å². The maximum Gasteiger partial charge on any atom is 0.324 e. The van der Waals surface area contributed by atoms with Crippen LogP contribution in [0.1, 0.15) is 25.5 Å². The molecule has 1 aliphatic carbocycles. The normalized spacial score (nSPS) is 17.9. The van der Waals surface area contributed by atoms with Gasteiger partial charge in [0.05, 0.1) is 41.6 Å². The molecule has 40 heavy (non-hydrogen) atoms. The van der Waals surface area contributed by atoms with Crippen molar-refractivity contribution >= 4 is 35.1 Å². The van der Waals surface area contributed by atoms with Crippen LogP contribution < -0.4 is 15.5 Å². The van der Waals surface area contributed by atoms with Crippen molar-refractivity contribution in [1.82, 2.24) is 24.7 Å². The Kier molecular flexibility index (Phi) is 7.11. The minimum absolute atomic E-state index is 0.173. The van der Waals surface area contributed by atoms with E-state index >= 15 is 0 Å². The Balaban J connectivity index is 1.27. The highest BCUT2D eigenvalue weighted by Gasteiger charge is 2.47. The quantitative estimate of drug-likeness (QED) is 0.323. The van der Waals surface area contributed by atoms with Crippen LogP contribution >= 0.6 is 11.8 Å². The number of thioether (sulfide) groups is 1. The van der Waals surface area contributed by atoms with Crippen molar-refractivity contribution in [3.63, 3.8) is 0 Å². The van der Waals surface area contributed by atoms with Crippen LogP contribution in [-0.2, 0) is 16.5 Å². The second-order valence-electron chi connectivity index (χ2n) is 10.0. The van der Waals surface area contributed by atoms with Gasteiger partial charge in [0.2, 0.25) is 0 Å². The monoisotopic (exact) mass is 560 g/mol. The summed E-state index contributed by atoms with van der Waals surface area (Å²) < 4.78 is 20.6. The maximum atomic E-state index is 13.5. The van der Waals surface area contributed by atoms with E-state index in [1.54, 1.807) is 48.1 Å². The fraction of sp³-hybridized carbons (Fsp3) is 0.321. The molecule has 10 nitrogen and oxygen atoms in total. The van der Waals surface area contributed by atoms with E-state index in [0.717, 1.165) is 41.4 Å². The topological polar surface area (TPSA) is 110 Å². The standard InChI is InChI=1S/C28H29FN8O2S/c1-18-17-39-12-11-37(18)25-13-23(28(9-10-28)40-22-6-4-20(29)5-7-22)33-26(35-25)19-3-8-24(30-14-19)34-27(38)32-21-15-31-36(2)16-21/h3-8,13-16,18H,9-12,17H2,1-2H3,(H2,30,32,34,38). The number of amides is 2. The number of hydrogen-bond donors (Lipinski definition) is 2. The second-order valence-corrected chi connectivity index (χ2v) is 11.5. The average Bonchev–Trinajstić information content (AvgIpc) is 3.63. The number of carbonyl (C=O) groups excluding carboxylic acids is 1. The molecule has 3 aromatic heterocycles. The first-order valence-corrected chi connectivity index (χ1v) is 13.9. The van der Waals surface area contributed by atoms with Crippen LogP contribution in [0.2, 0.25) is 0 Å². The molecule has 0 bridgehead atoms. The lowest BCUT2D eigenvalue weighted by atomic mass is 10.2. The molecule has 4 heterocycles. The van der Waals surface area contributed by atoms with Crippen molar-refractivity contribution in [2.24, 2.45) is 7.05 Å². The van der Waals surface area contributed by atoms with Crippen LogP contribution in [0.5, 0.6) is 0 Å². The van der Waals surface area contributed by atoms with Gasteiger partial charge in [-0.15, -0.1) is 11.8 Å². The number of benzene rings is 1. The zero-order chi connectivity index (χ0) is 27.7. The van der Waals surface area contributed by atoms with Crippen molar-refractivity contribution < 1.29 is 13.9 Å². The Morgan fingerprint density at radius 3 is 2.62 bits per heavy atom. The minimum Gasteiger partial charge on any atom is -0.377 e. The molecule has 1 aliphatic heterocycles. The van der Waals surface area contributed by atoms with Crippen molar-refractivity contribution in [2.75, 3.05) is 35.3 Å². The molecular weight excluding hydrogens is 531 g/mol. The van der Waals surface area contributed by atoms with Gasteiger partial charge in [0.1, 0.15) is 17.5 Å². The lowest BCUT2D eigenvalue weighted by Crippen LogP contribution is -2.44. The third-order valence-corrected chi connectivity index (χ3v) is 8.41. The van der Waals surface area contributed by atoms with Crippen molar-refractivity contribution in [2.45, 2.75) is 35.4 Å². The third kappa shape index (κ3) is 5.77. The van der Waals surface area contributed by atoms with Gasteiger partial charge in [0.15, 0.2) is 5.82 Å². The number of pyridine rings is 1. The minimum atomic E-state index is -0.413. The average molecular weight is 561 g/mol. The summed E-state index contributed by atoms with van der Waals surface area (Å²) in [4.78, 5) is 30.0. The number of anilines is 3. The smallest absolute Gasteiger partial charge is 0.324 e. The van der Waals surface area contributed by atoms with Crippen LogP contribution in [-0.4, -0.2) is 56.6 Å². The van der Waals surface area contributed by atoms with E-state index in [-0.39, 0.29) is 16.6 Å². The molecule has 0 spiro atoms. The van der Waals surface area contributed by atoms with Gasteiger partial charge in [-0.1, -0.05) is 0 Å². The summed E-state index contributed by atoms with van der Waals surface area (Å²) in [5.74, 6) is 1.56. The number of rotatable bonds is 7. The molecular formula is C28H29FN8O2S. The van der Waals surface area contributed by atoms with Crippen LogP contribution in [0.4, 0.5) is 26.5 Å². The van der Waals surface area contributed by atoms with Crippen molar-refractivity contribution in [1.29, 1.82) is 0 Å². The van der Waals surface area contributed by atoms with E-state index in [2.05, 4.69) is 38.6 Å². The molecule has 1 saturated heterocycles. The molecule has 12 heteroatoms. The first kappa shape index (κ1) is 26.2. The second kappa shape index (κ2) is 10.9. The van der Waals surface area contributed by atoms with Crippen LogP contribution in [0.15, 0.2) is 66.0 Å². The molecule has 2 N–H and O–H groups in total. The predicted molar refractivity (Wildman–Crippen MR) is 152 cm³/mol. The van der Waals surface area contributed by atoms with Crippen molar-refractivity contribution in [3.05, 3.63) is 72.6 Å². The van der Waals surface area contributed by atoms with E-state index in [0.29, 0.717) is 30.5 Å².